The highest BCUT2D eigenvalue weighted by molar-refractivity contribution is 5.86. The summed E-state index contributed by atoms with van der Waals surface area (Å²) in [6.45, 7) is 10.7. The molecule has 0 aromatic carbocycles. The van der Waals surface area contributed by atoms with Crippen LogP contribution in [0.5, 0.6) is 0 Å². The van der Waals surface area contributed by atoms with E-state index in [4.69, 9.17) is 14.2 Å². The number of nitrogens with one attached hydrogen (secondary N) is 1. The zero-order valence-electron chi connectivity index (χ0n) is 13.6. The monoisotopic (exact) mass is 315 g/mol. The van der Waals surface area contributed by atoms with E-state index < -0.39 is 12.1 Å². The van der Waals surface area contributed by atoms with E-state index in [1.54, 1.807) is 6.92 Å². The van der Waals surface area contributed by atoms with Crippen LogP contribution in [-0.4, -0.2) is 44.4 Å². The standard InChI is InChI=1S/C15H25NO6/c1-10(2)12(5)14(18)21-8-9-22-15(19)16-6-7-20-13(17)11(3)4/h10,12H,3,6-9H2,1-2,4-5H3,(H,16,19). The van der Waals surface area contributed by atoms with Crippen molar-refractivity contribution in [3.63, 3.8) is 0 Å². The van der Waals surface area contributed by atoms with Crippen molar-refractivity contribution in [3.8, 4) is 0 Å². The summed E-state index contributed by atoms with van der Waals surface area (Å²) in [5.74, 6) is -0.831. The van der Waals surface area contributed by atoms with E-state index in [2.05, 4.69) is 11.9 Å². The molecule has 0 heterocycles. The predicted molar refractivity (Wildman–Crippen MR) is 80.1 cm³/mol. The normalized spacial score (nSPS) is 11.5. The quantitative estimate of drug-likeness (QED) is 0.301. The topological polar surface area (TPSA) is 90.9 Å². The minimum atomic E-state index is -0.667. The molecule has 0 bridgehead atoms. The van der Waals surface area contributed by atoms with Crippen LogP contribution in [0.2, 0.25) is 0 Å². The van der Waals surface area contributed by atoms with Crippen molar-refractivity contribution in [2.24, 2.45) is 11.8 Å². The number of ether oxygens (including phenoxy) is 3. The summed E-state index contributed by atoms with van der Waals surface area (Å²) in [6.07, 6.45) is -0.667. The number of esters is 2. The third kappa shape index (κ3) is 8.99. The third-order valence-electron chi connectivity index (χ3n) is 2.89. The SMILES string of the molecule is C=C(C)C(=O)OCCNC(=O)OCCOC(=O)C(C)C(C)C. The summed E-state index contributed by atoms with van der Waals surface area (Å²) in [6, 6.07) is 0. The smallest absolute Gasteiger partial charge is 0.407 e. The molecule has 1 N–H and O–H groups in total. The summed E-state index contributed by atoms with van der Waals surface area (Å²) >= 11 is 0. The van der Waals surface area contributed by atoms with Crippen molar-refractivity contribution in [2.75, 3.05) is 26.4 Å². The van der Waals surface area contributed by atoms with Gasteiger partial charge in [0, 0.05) is 5.57 Å². The van der Waals surface area contributed by atoms with E-state index >= 15 is 0 Å². The van der Waals surface area contributed by atoms with Gasteiger partial charge in [0.15, 0.2) is 0 Å². The van der Waals surface area contributed by atoms with Crippen LogP contribution in [0.15, 0.2) is 12.2 Å². The molecule has 126 valence electrons. The second-order valence-corrected chi connectivity index (χ2v) is 5.18. The van der Waals surface area contributed by atoms with Crippen LogP contribution in [0.3, 0.4) is 0 Å². The molecule has 0 radical (unpaired) electrons. The highest BCUT2D eigenvalue weighted by Crippen LogP contribution is 2.10. The Morgan fingerprint density at radius 2 is 1.59 bits per heavy atom. The molecular formula is C15H25NO6. The molecule has 1 amide bonds. The van der Waals surface area contributed by atoms with Gasteiger partial charge in [0.2, 0.25) is 0 Å². The lowest BCUT2D eigenvalue weighted by Gasteiger charge is -2.14. The van der Waals surface area contributed by atoms with E-state index in [1.807, 2.05) is 13.8 Å². The average molecular weight is 315 g/mol. The Hall–Kier alpha value is -2.05. The van der Waals surface area contributed by atoms with Gasteiger partial charge in [0.05, 0.1) is 12.5 Å². The zero-order valence-corrected chi connectivity index (χ0v) is 13.6. The highest BCUT2D eigenvalue weighted by atomic mass is 16.6. The number of hydrogen-bond acceptors (Lipinski definition) is 6. The minimum absolute atomic E-state index is 0.00789. The van der Waals surface area contributed by atoms with E-state index in [9.17, 15) is 14.4 Å². The zero-order chi connectivity index (χ0) is 17.1. The molecule has 7 heteroatoms. The molecule has 0 aliphatic carbocycles. The summed E-state index contributed by atoms with van der Waals surface area (Å²) in [7, 11) is 0. The van der Waals surface area contributed by atoms with E-state index in [0.717, 1.165) is 0 Å². The van der Waals surface area contributed by atoms with Gasteiger partial charge in [-0.3, -0.25) is 4.79 Å². The number of amides is 1. The first kappa shape index (κ1) is 19.9. The van der Waals surface area contributed by atoms with E-state index in [1.165, 1.54) is 6.92 Å². The van der Waals surface area contributed by atoms with Crippen LogP contribution < -0.4 is 5.32 Å². The van der Waals surface area contributed by atoms with Gasteiger partial charge in [-0.1, -0.05) is 27.4 Å². The van der Waals surface area contributed by atoms with Crippen molar-refractivity contribution >= 4 is 18.0 Å². The van der Waals surface area contributed by atoms with Crippen LogP contribution in [0, 0.1) is 11.8 Å². The van der Waals surface area contributed by atoms with E-state index in [-0.39, 0.29) is 44.2 Å². The molecule has 0 fully saturated rings. The molecule has 1 atom stereocenters. The minimum Gasteiger partial charge on any atom is -0.462 e. The molecule has 0 saturated carbocycles. The lowest BCUT2D eigenvalue weighted by molar-refractivity contribution is -0.150. The first-order valence-corrected chi connectivity index (χ1v) is 7.15. The Morgan fingerprint density at radius 3 is 2.14 bits per heavy atom. The van der Waals surface area contributed by atoms with Crippen LogP contribution in [-0.2, 0) is 23.8 Å². The molecule has 22 heavy (non-hydrogen) atoms. The summed E-state index contributed by atoms with van der Waals surface area (Å²) in [5, 5.41) is 2.40. The van der Waals surface area contributed by atoms with Crippen LogP contribution in [0.1, 0.15) is 27.7 Å². The molecule has 0 aliphatic rings. The molecule has 0 aromatic rings. The third-order valence-corrected chi connectivity index (χ3v) is 2.89. The largest absolute Gasteiger partial charge is 0.462 e. The molecule has 0 rings (SSSR count). The maximum Gasteiger partial charge on any atom is 0.407 e. The molecule has 0 spiro atoms. The fourth-order valence-corrected chi connectivity index (χ4v) is 1.15. The van der Waals surface area contributed by atoms with Gasteiger partial charge in [-0.15, -0.1) is 0 Å². The Balaban J connectivity index is 3.64. The number of carbonyl (C=O) groups is 3. The van der Waals surface area contributed by atoms with Crippen LogP contribution in [0.4, 0.5) is 4.79 Å². The van der Waals surface area contributed by atoms with Crippen molar-refractivity contribution < 1.29 is 28.6 Å². The molecule has 0 saturated heterocycles. The Labute approximate surface area is 131 Å². The second kappa shape index (κ2) is 10.6. The molecule has 1 unspecified atom stereocenters. The highest BCUT2D eigenvalue weighted by Gasteiger charge is 2.17. The molecule has 0 aromatic heterocycles. The van der Waals surface area contributed by atoms with Crippen LogP contribution in [0.25, 0.3) is 0 Å². The Kier molecular flexibility index (Phi) is 9.65. The fraction of sp³-hybridized carbons (Fsp3) is 0.667. The van der Waals surface area contributed by atoms with Crippen molar-refractivity contribution in [3.05, 3.63) is 12.2 Å². The summed E-state index contributed by atoms with van der Waals surface area (Å²) in [4.78, 5) is 33.9. The van der Waals surface area contributed by atoms with Gasteiger partial charge in [0.25, 0.3) is 0 Å². The predicted octanol–water partition coefficient (Wildman–Crippen LogP) is 1.67. The average Bonchev–Trinajstić information content (AvgIpc) is 2.46. The lowest BCUT2D eigenvalue weighted by atomic mass is 9.99. The van der Waals surface area contributed by atoms with Gasteiger partial charge in [0.1, 0.15) is 19.8 Å². The maximum absolute atomic E-state index is 11.5. The van der Waals surface area contributed by atoms with Gasteiger partial charge in [-0.05, 0) is 12.8 Å². The van der Waals surface area contributed by atoms with Gasteiger partial charge in [-0.2, -0.15) is 0 Å². The van der Waals surface area contributed by atoms with Gasteiger partial charge in [-0.25, -0.2) is 9.59 Å². The lowest BCUT2D eigenvalue weighted by Crippen LogP contribution is -2.30. The number of carbonyl (C=O) groups excluding carboxylic acids is 3. The number of alkyl carbamates (subject to hydrolysis) is 1. The molecule has 7 nitrogen and oxygen atoms in total. The van der Waals surface area contributed by atoms with Crippen LogP contribution >= 0.6 is 0 Å². The van der Waals surface area contributed by atoms with Crippen molar-refractivity contribution in [2.45, 2.75) is 27.7 Å². The first-order chi connectivity index (χ1) is 10.3. The van der Waals surface area contributed by atoms with Gasteiger partial charge < -0.3 is 19.5 Å². The summed E-state index contributed by atoms with van der Waals surface area (Å²) < 4.78 is 14.6. The summed E-state index contributed by atoms with van der Waals surface area (Å²) in [5.41, 5.74) is 0.292. The van der Waals surface area contributed by atoms with E-state index in [0.29, 0.717) is 5.57 Å². The van der Waals surface area contributed by atoms with Gasteiger partial charge >= 0.3 is 18.0 Å². The van der Waals surface area contributed by atoms with Crippen molar-refractivity contribution in [1.82, 2.24) is 5.32 Å². The molecular weight excluding hydrogens is 290 g/mol. The maximum atomic E-state index is 11.5. The Bertz CT molecular complexity index is 405. The second-order valence-electron chi connectivity index (χ2n) is 5.18. The Morgan fingerprint density at radius 1 is 1.00 bits per heavy atom. The number of rotatable bonds is 9. The number of hydrogen-bond donors (Lipinski definition) is 1. The first-order valence-electron chi connectivity index (χ1n) is 7.15. The van der Waals surface area contributed by atoms with Crippen molar-refractivity contribution in [1.29, 1.82) is 0 Å². The fourth-order valence-electron chi connectivity index (χ4n) is 1.15. The molecule has 0 aliphatic heterocycles.